The first-order valence-corrected chi connectivity index (χ1v) is 8.16. The maximum absolute atomic E-state index is 12.4. The summed E-state index contributed by atoms with van der Waals surface area (Å²) in [6.07, 6.45) is 3.21. The van der Waals surface area contributed by atoms with E-state index in [0.717, 1.165) is 45.8 Å². The summed E-state index contributed by atoms with van der Waals surface area (Å²) in [6, 6.07) is 5.25. The molecule has 2 aromatic rings. The smallest absolute Gasteiger partial charge is 0.331 e. The van der Waals surface area contributed by atoms with Gasteiger partial charge in [-0.05, 0) is 36.5 Å². The molecule has 1 aliphatic carbocycles. The normalized spacial score (nSPS) is 12.8. The zero-order valence-corrected chi connectivity index (χ0v) is 14.6. The number of aryl methyl sites for hydroxylation is 2. The van der Waals surface area contributed by atoms with Crippen molar-refractivity contribution in [3.8, 4) is 5.75 Å². The van der Waals surface area contributed by atoms with E-state index in [1.54, 1.807) is 7.11 Å². The van der Waals surface area contributed by atoms with Crippen molar-refractivity contribution in [1.29, 1.82) is 0 Å². The van der Waals surface area contributed by atoms with E-state index < -0.39 is 17.2 Å². The molecule has 1 aromatic heterocycles. The fraction of sp³-hybridized carbons (Fsp3) is 0.389. The number of carbonyl (C=O) groups is 1. The van der Waals surface area contributed by atoms with Crippen LogP contribution in [0.25, 0.3) is 0 Å². The van der Waals surface area contributed by atoms with Gasteiger partial charge in [-0.15, -0.1) is 0 Å². The Morgan fingerprint density at radius 1 is 1.12 bits per heavy atom. The van der Waals surface area contributed by atoms with Crippen LogP contribution in [0.3, 0.4) is 0 Å². The van der Waals surface area contributed by atoms with Gasteiger partial charge in [0.2, 0.25) is 0 Å². The monoisotopic (exact) mass is 343 g/mol. The van der Waals surface area contributed by atoms with Crippen molar-refractivity contribution >= 4 is 5.91 Å². The summed E-state index contributed by atoms with van der Waals surface area (Å²) in [5.41, 5.74) is 2.45. The Bertz CT molecular complexity index is 956. The van der Waals surface area contributed by atoms with Gasteiger partial charge in [0.15, 0.2) is 0 Å². The summed E-state index contributed by atoms with van der Waals surface area (Å²) >= 11 is 0. The van der Waals surface area contributed by atoms with E-state index in [4.69, 9.17) is 4.74 Å². The van der Waals surface area contributed by atoms with Crippen molar-refractivity contribution in [2.24, 2.45) is 14.1 Å². The van der Waals surface area contributed by atoms with Gasteiger partial charge in [0.25, 0.3) is 11.5 Å². The van der Waals surface area contributed by atoms with Crippen LogP contribution >= 0.6 is 0 Å². The Morgan fingerprint density at radius 2 is 1.80 bits per heavy atom. The van der Waals surface area contributed by atoms with E-state index in [1.807, 2.05) is 6.07 Å². The highest BCUT2D eigenvalue weighted by Gasteiger charge is 2.17. The molecule has 0 saturated heterocycles. The van der Waals surface area contributed by atoms with Gasteiger partial charge in [-0.3, -0.25) is 18.7 Å². The van der Waals surface area contributed by atoms with Crippen LogP contribution in [0, 0.1) is 0 Å². The number of ether oxygens (including phenoxy) is 1. The number of hydrogen-bond donors (Lipinski definition) is 1. The lowest BCUT2D eigenvalue weighted by Gasteiger charge is -2.13. The molecule has 25 heavy (non-hydrogen) atoms. The molecule has 132 valence electrons. The Morgan fingerprint density at radius 3 is 2.48 bits per heavy atom. The second-order valence-corrected chi connectivity index (χ2v) is 6.24. The van der Waals surface area contributed by atoms with Crippen LogP contribution in [0.15, 0.2) is 27.8 Å². The summed E-state index contributed by atoms with van der Waals surface area (Å²) in [6.45, 7) is 0.263. The molecule has 0 radical (unpaired) electrons. The number of amides is 1. The van der Waals surface area contributed by atoms with Crippen LogP contribution in [0.1, 0.15) is 33.6 Å². The minimum atomic E-state index is -0.534. The molecule has 0 aliphatic heterocycles. The highest BCUT2D eigenvalue weighted by Crippen LogP contribution is 2.29. The number of nitrogens with zero attached hydrogens (tertiary/aromatic N) is 2. The maximum atomic E-state index is 12.4. The Balaban J connectivity index is 1.84. The molecule has 0 saturated carbocycles. The summed E-state index contributed by atoms with van der Waals surface area (Å²) in [4.78, 5) is 36.1. The molecule has 0 unspecified atom stereocenters. The molecule has 7 nitrogen and oxygen atoms in total. The molecule has 0 spiro atoms. The number of methoxy groups -OCH3 is 1. The Kier molecular flexibility index (Phi) is 4.48. The zero-order valence-electron chi connectivity index (χ0n) is 14.6. The van der Waals surface area contributed by atoms with E-state index in [0.29, 0.717) is 0 Å². The Labute approximate surface area is 144 Å². The van der Waals surface area contributed by atoms with Gasteiger partial charge in [-0.1, -0.05) is 6.07 Å². The molecule has 0 bridgehead atoms. The number of carbonyl (C=O) groups excluding carboxylic acids is 1. The predicted molar refractivity (Wildman–Crippen MR) is 93.1 cm³/mol. The number of nitrogens with one attached hydrogen (secondary N) is 1. The average Bonchev–Trinajstić information content (AvgIpc) is 3.07. The first kappa shape index (κ1) is 17.0. The fourth-order valence-corrected chi connectivity index (χ4v) is 3.20. The molecule has 1 heterocycles. The third-order valence-corrected chi connectivity index (χ3v) is 4.69. The second kappa shape index (κ2) is 6.58. The fourth-order valence-electron chi connectivity index (χ4n) is 3.20. The van der Waals surface area contributed by atoms with Crippen LogP contribution in [0.4, 0.5) is 0 Å². The van der Waals surface area contributed by atoms with Gasteiger partial charge < -0.3 is 10.1 Å². The van der Waals surface area contributed by atoms with E-state index in [9.17, 15) is 14.4 Å². The third-order valence-electron chi connectivity index (χ3n) is 4.69. The average molecular weight is 343 g/mol. The van der Waals surface area contributed by atoms with Crippen molar-refractivity contribution in [3.05, 3.63) is 61.4 Å². The third kappa shape index (κ3) is 3.09. The van der Waals surface area contributed by atoms with Gasteiger partial charge in [-0.25, -0.2) is 4.79 Å². The Hall–Kier alpha value is -2.83. The molecule has 0 atom stereocenters. The quantitative estimate of drug-likeness (QED) is 0.877. The van der Waals surface area contributed by atoms with Crippen LogP contribution in [-0.4, -0.2) is 22.2 Å². The summed E-state index contributed by atoms with van der Waals surface area (Å²) in [5, 5.41) is 2.77. The van der Waals surface area contributed by atoms with Crippen LogP contribution in [-0.2, 0) is 33.5 Å². The highest BCUT2D eigenvalue weighted by atomic mass is 16.5. The highest BCUT2D eigenvalue weighted by molar-refractivity contribution is 5.92. The molecule has 1 N–H and O–H groups in total. The molecule has 1 amide bonds. The zero-order chi connectivity index (χ0) is 18.1. The van der Waals surface area contributed by atoms with E-state index in [-0.39, 0.29) is 12.2 Å². The van der Waals surface area contributed by atoms with Crippen LogP contribution in [0.5, 0.6) is 5.75 Å². The minimum Gasteiger partial charge on any atom is -0.496 e. The minimum absolute atomic E-state index is 0.0354. The number of hydrogen-bond acceptors (Lipinski definition) is 4. The van der Waals surface area contributed by atoms with Gasteiger partial charge in [0.1, 0.15) is 11.4 Å². The van der Waals surface area contributed by atoms with Crippen molar-refractivity contribution in [2.75, 3.05) is 7.11 Å². The molecule has 1 aliphatic rings. The van der Waals surface area contributed by atoms with Crippen molar-refractivity contribution in [2.45, 2.75) is 25.8 Å². The summed E-state index contributed by atoms with van der Waals surface area (Å²) in [5.74, 6) is 0.263. The molecule has 0 fully saturated rings. The molecule has 1 aromatic carbocycles. The molecular weight excluding hydrogens is 322 g/mol. The lowest BCUT2D eigenvalue weighted by molar-refractivity contribution is 0.0940. The van der Waals surface area contributed by atoms with Crippen molar-refractivity contribution in [1.82, 2.24) is 14.5 Å². The van der Waals surface area contributed by atoms with Crippen LogP contribution in [0.2, 0.25) is 0 Å². The molecule has 7 heteroatoms. The van der Waals surface area contributed by atoms with E-state index in [1.165, 1.54) is 25.2 Å². The number of rotatable bonds is 4. The van der Waals surface area contributed by atoms with Crippen molar-refractivity contribution < 1.29 is 9.53 Å². The summed E-state index contributed by atoms with van der Waals surface area (Å²) in [7, 11) is 4.45. The first-order chi connectivity index (χ1) is 11.9. The lowest BCUT2D eigenvalue weighted by atomic mass is 10.0. The van der Waals surface area contributed by atoms with E-state index in [2.05, 4.69) is 11.4 Å². The first-order valence-electron chi connectivity index (χ1n) is 8.16. The largest absolute Gasteiger partial charge is 0.496 e. The topological polar surface area (TPSA) is 82.3 Å². The number of benzene rings is 1. The molecular formula is C18H21N3O4. The lowest BCUT2D eigenvalue weighted by Crippen LogP contribution is -2.41. The van der Waals surface area contributed by atoms with Gasteiger partial charge in [0.05, 0.1) is 7.11 Å². The van der Waals surface area contributed by atoms with Gasteiger partial charge >= 0.3 is 5.69 Å². The number of fused-ring (bicyclic) bond motifs is 1. The summed E-state index contributed by atoms with van der Waals surface area (Å²) < 4.78 is 7.55. The van der Waals surface area contributed by atoms with Gasteiger partial charge in [-0.2, -0.15) is 0 Å². The standard InChI is InChI=1S/C18H21N3O4/c1-20-14(9-16(22)21(2)18(20)24)17(23)19-10-13-7-11-5-4-6-12(11)8-15(13)25-3/h7-9H,4-6,10H2,1-3H3,(H,19,23). The SMILES string of the molecule is COc1cc2c(cc1CNC(=O)c1cc(=O)n(C)c(=O)n1C)CCC2. The maximum Gasteiger partial charge on any atom is 0.331 e. The van der Waals surface area contributed by atoms with E-state index >= 15 is 0 Å². The van der Waals surface area contributed by atoms with Crippen molar-refractivity contribution in [3.63, 3.8) is 0 Å². The predicted octanol–water partition coefficient (Wildman–Crippen LogP) is 0.511. The second-order valence-electron chi connectivity index (χ2n) is 6.24. The number of aromatic nitrogens is 2. The van der Waals surface area contributed by atoms with Gasteiger partial charge in [0, 0.05) is 32.3 Å². The molecule has 3 rings (SSSR count). The van der Waals surface area contributed by atoms with Crippen LogP contribution < -0.4 is 21.3 Å².